The molecule has 0 aliphatic heterocycles. The number of rotatable bonds is 4. The van der Waals surface area contributed by atoms with E-state index in [4.69, 9.17) is 8.83 Å². The summed E-state index contributed by atoms with van der Waals surface area (Å²) in [5.74, 6) is 0. The third kappa shape index (κ3) is 7.55. The molecule has 6 aromatic heterocycles. The lowest BCUT2D eigenvalue weighted by molar-refractivity contribution is 0.591. The Kier molecular flexibility index (Phi) is 11.3. The quantitative estimate of drug-likeness (QED) is 0.175. The van der Waals surface area contributed by atoms with Crippen LogP contribution in [0.15, 0.2) is 203 Å². The Morgan fingerprint density at radius 2 is 0.609 bits per heavy atom. The van der Waals surface area contributed by atoms with Gasteiger partial charge in [0.2, 0.25) is 0 Å². The van der Waals surface area contributed by atoms with Gasteiger partial charge in [-0.1, -0.05) is 204 Å². The molecule has 11 aromatic carbocycles. The Balaban J connectivity index is 1.22. The maximum Gasteiger partial charge on any atom is 0.160 e. The molecule has 0 amide bonds. The van der Waals surface area contributed by atoms with Crippen LogP contribution in [0.25, 0.3) is 154 Å². The van der Waals surface area contributed by atoms with Crippen LogP contribution in [0.3, 0.4) is 0 Å². The molecule has 17 aromatic rings. The minimum Gasteiger partial charge on any atom is -0.454 e. The van der Waals surface area contributed by atoms with E-state index in [-0.39, 0.29) is 21.7 Å². The van der Waals surface area contributed by atoms with Crippen molar-refractivity contribution in [2.75, 3.05) is 0 Å². The molecule has 0 aliphatic rings. The molecule has 0 bridgehead atoms. The third-order valence-corrected chi connectivity index (χ3v) is 19.8. The molecule has 0 N–H and O–H groups in total. The number of benzene rings is 11. The Hall–Kier alpha value is -10.8. The minimum atomic E-state index is -0.325. The van der Waals surface area contributed by atoms with Gasteiger partial charge >= 0.3 is 0 Å². The monoisotopic (exact) mass is 1190 g/mol. The average molecular weight is 1190 g/mol. The van der Waals surface area contributed by atoms with Crippen molar-refractivity contribution in [3.8, 4) is 34.9 Å². The summed E-state index contributed by atoms with van der Waals surface area (Å²) in [5, 5.41) is 38.6. The SMILES string of the molecule is CC(C)(C)c1ccc2c(c1)c1cc(C(C)(C)C)c3c4ccccc4oc3c1n2-c1c(C#N)c(-n2c3ccccc3c3ccccc32)c(-n2c3ccc(C(C)(C)C)cc3c3cc(C(C)(C)C)c4c5ccccc5oc4c32)c(-n2c3ccccc3c3ccccc32)c1C#N. The summed E-state index contributed by atoms with van der Waals surface area (Å²) in [5.41, 5.74) is 16.4. The highest BCUT2D eigenvalue weighted by Crippen LogP contribution is 2.54. The summed E-state index contributed by atoms with van der Waals surface area (Å²) >= 11 is 0. The predicted molar refractivity (Wildman–Crippen MR) is 383 cm³/mol. The first-order valence-corrected chi connectivity index (χ1v) is 32.0. The van der Waals surface area contributed by atoms with Crippen molar-refractivity contribution >= 4 is 131 Å². The van der Waals surface area contributed by atoms with Crippen LogP contribution in [0, 0.1) is 22.7 Å². The molecule has 0 aliphatic carbocycles. The van der Waals surface area contributed by atoms with Crippen LogP contribution in [-0.2, 0) is 21.7 Å². The van der Waals surface area contributed by atoms with Crippen LogP contribution in [0.5, 0.6) is 0 Å². The van der Waals surface area contributed by atoms with Crippen LogP contribution in [-0.4, -0.2) is 18.3 Å². The molecule has 0 fully saturated rings. The fourth-order valence-corrected chi connectivity index (χ4v) is 15.5. The first-order chi connectivity index (χ1) is 44.1. The van der Waals surface area contributed by atoms with E-state index in [1.54, 1.807) is 0 Å². The number of nitriles is 2. The van der Waals surface area contributed by atoms with E-state index >= 15 is 0 Å². The number of furan rings is 2. The predicted octanol–water partition coefficient (Wildman–Crippen LogP) is 22.8. The Morgan fingerprint density at radius 1 is 0.293 bits per heavy atom. The van der Waals surface area contributed by atoms with Gasteiger partial charge in [-0.25, -0.2) is 0 Å². The van der Waals surface area contributed by atoms with E-state index < -0.39 is 0 Å². The molecule has 0 atom stereocenters. The molecule has 92 heavy (non-hydrogen) atoms. The van der Waals surface area contributed by atoms with Crippen molar-refractivity contribution in [2.24, 2.45) is 0 Å². The molecule has 0 saturated heterocycles. The molecular weight excluding hydrogens is 1120 g/mol. The van der Waals surface area contributed by atoms with Gasteiger partial charge in [0.1, 0.15) is 34.4 Å². The van der Waals surface area contributed by atoms with E-state index in [0.717, 1.165) is 142 Å². The van der Waals surface area contributed by atoms with Crippen molar-refractivity contribution < 1.29 is 8.83 Å². The Labute approximate surface area is 532 Å². The molecule has 8 nitrogen and oxygen atoms in total. The van der Waals surface area contributed by atoms with Crippen LogP contribution >= 0.6 is 0 Å². The van der Waals surface area contributed by atoms with Crippen LogP contribution in [0.1, 0.15) is 116 Å². The normalized spacial score (nSPS) is 13.0. The van der Waals surface area contributed by atoms with Gasteiger partial charge < -0.3 is 27.1 Å². The summed E-state index contributed by atoms with van der Waals surface area (Å²) in [4.78, 5) is 0. The molecule has 0 saturated carbocycles. The van der Waals surface area contributed by atoms with Gasteiger partial charge in [0.25, 0.3) is 0 Å². The van der Waals surface area contributed by atoms with Crippen molar-refractivity contribution in [3.05, 3.63) is 228 Å². The molecule has 6 heterocycles. The largest absolute Gasteiger partial charge is 0.454 e. The number of hydrogen-bond acceptors (Lipinski definition) is 4. The van der Waals surface area contributed by atoms with Gasteiger partial charge in [-0.3, -0.25) is 0 Å². The van der Waals surface area contributed by atoms with Crippen LogP contribution in [0.2, 0.25) is 0 Å². The minimum absolute atomic E-state index is 0.223. The molecule has 0 spiro atoms. The zero-order chi connectivity index (χ0) is 63.4. The summed E-state index contributed by atoms with van der Waals surface area (Å²) in [7, 11) is 0. The zero-order valence-corrected chi connectivity index (χ0v) is 54.0. The summed E-state index contributed by atoms with van der Waals surface area (Å²) < 4.78 is 24.1. The molecule has 0 unspecified atom stereocenters. The van der Waals surface area contributed by atoms with Gasteiger partial charge in [-0.2, -0.15) is 10.5 Å². The smallest absolute Gasteiger partial charge is 0.160 e. The Bertz CT molecular complexity index is 5940. The summed E-state index contributed by atoms with van der Waals surface area (Å²) in [6.45, 7) is 27.2. The number of para-hydroxylation sites is 6. The molecule has 17 rings (SSSR count). The molecule has 446 valence electrons. The van der Waals surface area contributed by atoms with E-state index in [1.807, 2.05) is 12.1 Å². The van der Waals surface area contributed by atoms with Crippen molar-refractivity contribution in [1.82, 2.24) is 18.3 Å². The van der Waals surface area contributed by atoms with Crippen molar-refractivity contribution in [3.63, 3.8) is 0 Å². The maximum absolute atomic E-state index is 13.2. The highest BCUT2D eigenvalue weighted by molar-refractivity contribution is 6.26. The van der Waals surface area contributed by atoms with Crippen molar-refractivity contribution in [2.45, 2.75) is 105 Å². The topological polar surface area (TPSA) is 93.6 Å². The lowest BCUT2D eigenvalue weighted by atomic mass is 9.82. The average Bonchev–Trinajstić information content (AvgIpc) is 1.51. The van der Waals surface area contributed by atoms with Crippen LogP contribution < -0.4 is 0 Å². The van der Waals surface area contributed by atoms with E-state index in [9.17, 15) is 10.5 Å². The second-order valence-electron chi connectivity index (χ2n) is 29.5. The molecule has 0 radical (unpaired) electrons. The van der Waals surface area contributed by atoms with Crippen LogP contribution in [0.4, 0.5) is 0 Å². The van der Waals surface area contributed by atoms with Gasteiger partial charge in [-0.05, 0) is 117 Å². The second-order valence-corrected chi connectivity index (χ2v) is 29.5. The molecular formula is C84H68N6O2. The van der Waals surface area contributed by atoms with E-state index in [1.165, 1.54) is 5.56 Å². The summed E-state index contributed by atoms with van der Waals surface area (Å²) in [6, 6.07) is 75.3. The first kappa shape index (κ1) is 55.3. The standard InChI is InChI=1S/C84H68N6O2/c1-81(2,3)47-37-39-67-55(41-47)57-43-61(83(7,8)9)71-53-29-17-23-35-69(53)91-79(71)76(57)89(67)73-59(45-85)74(87-63-31-19-13-25-49(63)50-26-14-20-32-64(50)87)78(75(60(73)46-86)88-65-33-21-15-27-51(65)52-28-16-22-34-66(52)88)90-68-40-38-48(82(4,5)6)42-56(68)58-44-62(84(10,11)12)72-54-30-18-24-36-70(54)92-80(72)77(58)90/h13-44H,1-12H3. The summed E-state index contributed by atoms with van der Waals surface area (Å²) in [6.07, 6.45) is 0. The van der Waals surface area contributed by atoms with Gasteiger partial charge in [-0.15, -0.1) is 0 Å². The molecule has 8 heteroatoms. The highest BCUT2D eigenvalue weighted by atomic mass is 16.3. The number of aromatic nitrogens is 4. The Morgan fingerprint density at radius 3 is 0.946 bits per heavy atom. The van der Waals surface area contributed by atoms with Crippen molar-refractivity contribution in [1.29, 1.82) is 10.5 Å². The lowest BCUT2D eigenvalue weighted by Crippen LogP contribution is -2.17. The number of fused-ring (bicyclic) bond motifs is 20. The fourth-order valence-electron chi connectivity index (χ4n) is 15.5. The number of nitrogens with zero attached hydrogens (tertiary/aromatic N) is 6. The number of hydrogen-bond donors (Lipinski definition) is 0. The van der Waals surface area contributed by atoms with E-state index in [0.29, 0.717) is 39.5 Å². The van der Waals surface area contributed by atoms with Gasteiger partial charge in [0.05, 0.1) is 66.9 Å². The van der Waals surface area contributed by atoms with Gasteiger partial charge in [0, 0.05) is 64.6 Å². The maximum atomic E-state index is 13.2. The zero-order valence-electron chi connectivity index (χ0n) is 54.0. The fraction of sp³-hybridized carbons (Fsp3) is 0.190. The third-order valence-electron chi connectivity index (χ3n) is 19.8. The van der Waals surface area contributed by atoms with E-state index in [2.05, 4.69) is 295 Å². The second kappa shape index (κ2) is 18.9. The first-order valence-electron chi connectivity index (χ1n) is 32.0. The lowest BCUT2D eigenvalue weighted by Gasteiger charge is -2.27. The highest BCUT2D eigenvalue weighted by Gasteiger charge is 2.38. The van der Waals surface area contributed by atoms with Gasteiger partial charge in [0.15, 0.2) is 11.2 Å².